The molecule has 0 aromatic heterocycles. The number of likely N-dealkylation sites (tertiary alicyclic amines) is 1. The van der Waals surface area contributed by atoms with Crippen molar-refractivity contribution in [1.82, 2.24) is 15.1 Å². The van der Waals surface area contributed by atoms with Gasteiger partial charge in [-0.15, -0.1) is 0 Å². The highest BCUT2D eigenvalue weighted by Gasteiger charge is 2.19. The van der Waals surface area contributed by atoms with Crippen LogP contribution in [-0.2, 0) is 4.79 Å². The van der Waals surface area contributed by atoms with Gasteiger partial charge in [-0.3, -0.25) is 4.79 Å². The number of likely N-dealkylation sites (N-methyl/N-ethyl adjacent to an activating group) is 1. The third kappa shape index (κ3) is 5.04. The minimum absolute atomic E-state index is 0.214. The lowest BCUT2D eigenvalue weighted by Gasteiger charge is -2.32. The molecule has 1 N–H and O–H groups in total. The Bertz CT molecular complexity index is 221. The molecule has 4 nitrogen and oxygen atoms in total. The topological polar surface area (TPSA) is 35.6 Å². The van der Waals surface area contributed by atoms with Crippen LogP contribution >= 0.6 is 0 Å². The van der Waals surface area contributed by atoms with Crippen LogP contribution < -0.4 is 5.32 Å². The molecule has 0 aromatic carbocycles. The van der Waals surface area contributed by atoms with Gasteiger partial charge >= 0.3 is 0 Å². The largest absolute Gasteiger partial charge is 0.343 e. The van der Waals surface area contributed by atoms with E-state index < -0.39 is 0 Å². The van der Waals surface area contributed by atoms with Crippen molar-refractivity contribution in [2.45, 2.75) is 39.7 Å². The average Bonchev–Trinajstić information content (AvgIpc) is 2.35. The van der Waals surface area contributed by atoms with Gasteiger partial charge in [0.25, 0.3) is 0 Å². The maximum atomic E-state index is 11.2. The number of piperidine rings is 1. The summed E-state index contributed by atoms with van der Waals surface area (Å²) in [6.45, 7) is 12.3. The van der Waals surface area contributed by atoms with Crippen LogP contribution in [0.1, 0.15) is 33.6 Å². The summed E-state index contributed by atoms with van der Waals surface area (Å²) in [5.74, 6) is 0.214. The average molecular weight is 241 g/mol. The molecule has 17 heavy (non-hydrogen) atoms. The second-order valence-corrected chi connectivity index (χ2v) is 4.76. The molecular weight excluding hydrogens is 214 g/mol. The zero-order valence-electron chi connectivity index (χ0n) is 11.5. The van der Waals surface area contributed by atoms with Crippen LogP contribution in [0.25, 0.3) is 0 Å². The Morgan fingerprint density at radius 3 is 2.35 bits per heavy atom. The van der Waals surface area contributed by atoms with Crippen LogP contribution in [-0.4, -0.2) is 61.0 Å². The van der Waals surface area contributed by atoms with Crippen LogP contribution in [0.15, 0.2) is 0 Å². The molecule has 0 saturated carbocycles. The number of rotatable bonds is 6. The third-order valence-electron chi connectivity index (χ3n) is 3.70. The molecule has 100 valence electrons. The Hall–Kier alpha value is -0.610. The van der Waals surface area contributed by atoms with Crippen molar-refractivity contribution in [2.24, 2.45) is 0 Å². The molecule has 0 aliphatic carbocycles. The van der Waals surface area contributed by atoms with Gasteiger partial charge in [-0.25, -0.2) is 0 Å². The molecule has 4 heteroatoms. The fourth-order valence-corrected chi connectivity index (χ4v) is 2.37. The summed E-state index contributed by atoms with van der Waals surface area (Å²) in [6, 6.07) is 0.598. The summed E-state index contributed by atoms with van der Waals surface area (Å²) in [4.78, 5) is 15.6. The number of amides is 1. The highest BCUT2D eigenvalue weighted by atomic mass is 16.2. The molecule has 1 aliphatic rings. The number of nitrogens with zero attached hydrogens (tertiary/aromatic N) is 2. The molecule has 0 radical (unpaired) electrons. The lowest BCUT2D eigenvalue weighted by atomic mass is 10.1. The monoisotopic (exact) mass is 241 g/mol. The maximum Gasteiger partial charge on any atom is 0.219 e. The summed E-state index contributed by atoms with van der Waals surface area (Å²) in [5, 5.41) is 3.60. The molecule has 0 bridgehead atoms. The number of hydrogen-bond acceptors (Lipinski definition) is 3. The molecule has 1 heterocycles. The van der Waals surface area contributed by atoms with Gasteiger partial charge in [0.1, 0.15) is 0 Å². The fourth-order valence-electron chi connectivity index (χ4n) is 2.37. The molecular formula is C13H27N3O. The van der Waals surface area contributed by atoms with Crippen molar-refractivity contribution in [2.75, 3.05) is 39.3 Å². The molecule has 1 aliphatic heterocycles. The zero-order valence-corrected chi connectivity index (χ0v) is 11.5. The van der Waals surface area contributed by atoms with E-state index in [0.717, 1.165) is 52.1 Å². The van der Waals surface area contributed by atoms with Gasteiger partial charge in [-0.2, -0.15) is 0 Å². The Morgan fingerprint density at radius 2 is 1.88 bits per heavy atom. The van der Waals surface area contributed by atoms with Gasteiger partial charge in [0.15, 0.2) is 0 Å². The Morgan fingerprint density at radius 1 is 1.29 bits per heavy atom. The van der Waals surface area contributed by atoms with E-state index in [1.54, 1.807) is 6.92 Å². The minimum atomic E-state index is 0.214. The summed E-state index contributed by atoms with van der Waals surface area (Å²) in [5.41, 5.74) is 0. The van der Waals surface area contributed by atoms with Crippen LogP contribution in [0.3, 0.4) is 0 Å². The molecule has 1 saturated heterocycles. The number of nitrogens with one attached hydrogen (secondary N) is 1. The van der Waals surface area contributed by atoms with Gasteiger partial charge in [-0.05, 0) is 25.9 Å². The van der Waals surface area contributed by atoms with Gasteiger partial charge < -0.3 is 15.1 Å². The molecule has 0 aromatic rings. The SMILES string of the molecule is CCN(CC)CCNC1CCN(C(C)=O)CC1. The quantitative estimate of drug-likeness (QED) is 0.751. The second-order valence-electron chi connectivity index (χ2n) is 4.76. The Kier molecular flexibility index (Phi) is 6.52. The summed E-state index contributed by atoms with van der Waals surface area (Å²) < 4.78 is 0. The van der Waals surface area contributed by atoms with Gasteiger partial charge in [0.05, 0.1) is 0 Å². The first-order valence-electron chi connectivity index (χ1n) is 6.88. The minimum Gasteiger partial charge on any atom is -0.343 e. The van der Waals surface area contributed by atoms with E-state index in [0.29, 0.717) is 6.04 Å². The first kappa shape index (κ1) is 14.5. The Balaban J connectivity index is 2.12. The van der Waals surface area contributed by atoms with E-state index >= 15 is 0 Å². The van der Waals surface area contributed by atoms with Gasteiger partial charge in [-0.1, -0.05) is 13.8 Å². The third-order valence-corrected chi connectivity index (χ3v) is 3.70. The van der Waals surface area contributed by atoms with E-state index in [-0.39, 0.29) is 5.91 Å². The highest BCUT2D eigenvalue weighted by molar-refractivity contribution is 5.73. The van der Waals surface area contributed by atoms with Crippen molar-refractivity contribution in [3.05, 3.63) is 0 Å². The predicted octanol–water partition coefficient (Wildman–Crippen LogP) is 0.929. The standard InChI is InChI=1S/C13H27N3O/c1-4-15(5-2)11-8-14-13-6-9-16(10-7-13)12(3)17/h13-14H,4-11H2,1-3H3. The van der Waals surface area contributed by atoms with E-state index in [4.69, 9.17) is 0 Å². The van der Waals surface area contributed by atoms with Crippen LogP contribution in [0.5, 0.6) is 0 Å². The summed E-state index contributed by atoms with van der Waals surface area (Å²) in [7, 11) is 0. The van der Waals surface area contributed by atoms with Crippen LogP contribution in [0.4, 0.5) is 0 Å². The van der Waals surface area contributed by atoms with E-state index in [1.165, 1.54) is 0 Å². The van der Waals surface area contributed by atoms with Crippen LogP contribution in [0.2, 0.25) is 0 Å². The lowest BCUT2D eigenvalue weighted by Crippen LogP contribution is -2.45. The number of carbonyl (C=O) groups excluding carboxylic acids is 1. The number of hydrogen-bond donors (Lipinski definition) is 1. The second kappa shape index (κ2) is 7.67. The number of carbonyl (C=O) groups is 1. The molecule has 0 atom stereocenters. The first-order valence-corrected chi connectivity index (χ1v) is 6.88. The van der Waals surface area contributed by atoms with Crippen molar-refractivity contribution in [1.29, 1.82) is 0 Å². The van der Waals surface area contributed by atoms with E-state index in [9.17, 15) is 4.79 Å². The predicted molar refractivity (Wildman–Crippen MR) is 71.1 cm³/mol. The van der Waals surface area contributed by atoms with Crippen molar-refractivity contribution < 1.29 is 4.79 Å². The molecule has 0 unspecified atom stereocenters. The smallest absolute Gasteiger partial charge is 0.219 e. The van der Waals surface area contributed by atoms with Crippen molar-refractivity contribution in [3.8, 4) is 0 Å². The summed E-state index contributed by atoms with van der Waals surface area (Å²) in [6.07, 6.45) is 2.19. The zero-order chi connectivity index (χ0) is 12.7. The van der Waals surface area contributed by atoms with Crippen molar-refractivity contribution in [3.63, 3.8) is 0 Å². The fraction of sp³-hybridized carbons (Fsp3) is 0.923. The van der Waals surface area contributed by atoms with E-state index in [1.807, 2.05) is 4.90 Å². The first-order chi connectivity index (χ1) is 8.17. The lowest BCUT2D eigenvalue weighted by molar-refractivity contribution is -0.129. The van der Waals surface area contributed by atoms with E-state index in [2.05, 4.69) is 24.1 Å². The maximum absolute atomic E-state index is 11.2. The highest BCUT2D eigenvalue weighted by Crippen LogP contribution is 2.09. The normalized spacial score (nSPS) is 17.8. The van der Waals surface area contributed by atoms with Gasteiger partial charge in [0.2, 0.25) is 5.91 Å². The molecule has 1 fully saturated rings. The molecule has 1 rings (SSSR count). The summed E-state index contributed by atoms with van der Waals surface area (Å²) >= 11 is 0. The van der Waals surface area contributed by atoms with Gasteiger partial charge in [0, 0.05) is 39.1 Å². The Labute approximate surface area is 105 Å². The van der Waals surface area contributed by atoms with Crippen molar-refractivity contribution >= 4 is 5.91 Å². The molecule has 1 amide bonds. The molecule has 0 spiro atoms. The van der Waals surface area contributed by atoms with Crippen LogP contribution in [0, 0.1) is 0 Å².